The number of hydrogen-bond acceptors (Lipinski definition) is 4. The Morgan fingerprint density at radius 3 is 2.85 bits per heavy atom. The van der Waals surface area contributed by atoms with Gasteiger partial charge >= 0.3 is 12.0 Å². The summed E-state index contributed by atoms with van der Waals surface area (Å²) in [5.74, 6) is -1.08. The molecule has 2 amide bonds. The van der Waals surface area contributed by atoms with E-state index in [-0.39, 0.29) is 6.42 Å². The number of urea groups is 1. The molecule has 0 saturated heterocycles. The van der Waals surface area contributed by atoms with Crippen LogP contribution in [0.4, 0.5) is 4.79 Å². The Hall–Kier alpha value is -1.70. The molecule has 0 aliphatic rings. The first-order chi connectivity index (χ1) is 9.52. The van der Waals surface area contributed by atoms with Crippen LogP contribution in [-0.4, -0.2) is 51.2 Å². The fourth-order valence-electron chi connectivity index (χ4n) is 1.53. The van der Waals surface area contributed by atoms with Crippen LogP contribution in [0.5, 0.6) is 0 Å². The van der Waals surface area contributed by atoms with Crippen LogP contribution in [0.2, 0.25) is 0 Å². The lowest BCUT2D eigenvalue weighted by atomic mass is 10.2. The summed E-state index contributed by atoms with van der Waals surface area (Å²) in [6.07, 6.45) is 6.03. The number of carbonyl (C=O) groups excluding carboxylic acids is 1. The molecule has 1 rings (SSSR count). The molecule has 1 heterocycles. The largest absolute Gasteiger partial charge is 0.480 e. The Morgan fingerprint density at radius 1 is 1.55 bits per heavy atom. The van der Waals surface area contributed by atoms with E-state index < -0.39 is 18.0 Å². The molecule has 0 radical (unpaired) electrons. The Morgan fingerprint density at radius 2 is 2.30 bits per heavy atom. The summed E-state index contributed by atoms with van der Waals surface area (Å²) in [7, 11) is 0. The first-order valence-corrected chi connectivity index (χ1v) is 7.59. The number of nitrogens with one attached hydrogen (secondary N) is 3. The molecule has 0 bridgehead atoms. The van der Waals surface area contributed by atoms with E-state index in [1.54, 1.807) is 11.8 Å². The van der Waals surface area contributed by atoms with Gasteiger partial charge in [-0.05, 0) is 12.7 Å². The quantitative estimate of drug-likeness (QED) is 0.569. The minimum absolute atomic E-state index is 0.171. The van der Waals surface area contributed by atoms with Crippen molar-refractivity contribution >= 4 is 23.8 Å². The van der Waals surface area contributed by atoms with E-state index in [2.05, 4.69) is 27.5 Å². The summed E-state index contributed by atoms with van der Waals surface area (Å²) >= 11 is 1.72. The van der Waals surface area contributed by atoms with E-state index in [0.717, 1.165) is 6.42 Å². The third-order valence-corrected chi connectivity index (χ3v) is 3.86. The van der Waals surface area contributed by atoms with E-state index in [1.165, 1.54) is 12.5 Å². The molecule has 1 aromatic rings. The van der Waals surface area contributed by atoms with Gasteiger partial charge in [-0.25, -0.2) is 14.6 Å². The zero-order valence-corrected chi connectivity index (χ0v) is 12.4. The van der Waals surface area contributed by atoms with Crippen LogP contribution in [0.25, 0.3) is 0 Å². The molecular weight excluding hydrogens is 280 g/mol. The van der Waals surface area contributed by atoms with Gasteiger partial charge in [-0.15, -0.1) is 0 Å². The highest BCUT2D eigenvalue weighted by atomic mass is 32.2. The first-order valence-electron chi connectivity index (χ1n) is 6.30. The third-order valence-electron chi connectivity index (χ3n) is 2.82. The molecule has 1 unspecified atom stereocenters. The summed E-state index contributed by atoms with van der Waals surface area (Å²) in [6.45, 7) is 2.59. The zero-order chi connectivity index (χ0) is 15.0. The number of imidazole rings is 1. The van der Waals surface area contributed by atoms with Gasteiger partial charge in [0, 0.05) is 30.1 Å². The van der Waals surface area contributed by atoms with Crippen LogP contribution in [-0.2, 0) is 11.2 Å². The van der Waals surface area contributed by atoms with Crippen LogP contribution < -0.4 is 10.6 Å². The van der Waals surface area contributed by atoms with Gasteiger partial charge in [0.1, 0.15) is 6.04 Å². The summed E-state index contributed by atoms with van der Waals surface area (Å²) in [5.41, 5.74) is 0.661. The standard InChI is InChI=1S/C12H20N4O3S/c1-8(20-2)3-4-14-12(19)16-10(11(17)18)5-9-6-13-7-15-9/h6-8,10H,3-5H2,1-2H3,(H,13,15)(H,17,18)(H2,14,16,19)/t8?,10-/m0/s1. The number of aliphatic carboxylic acids is 1. The number of H-pyrrole nitrogens is 1. The zero-order valence-electron chi connectivity index (χ0n) is 11.5. The Labute approximate surface area is 121 Å². The second-order valence-corrected chi connectivity index (χ2v) is 5.68. The molecule has 0 aliphatic carbocycles. The number of carboxylic acids is 1. The number of amides is 2. The highest BCUT2D eigenvalue weighted by Crippen LogP contribution is 2.07. The van der Waals surface area contributed by atoms with Crippen molar-refractivity contribution in [2.24, 2.45) is 0 Å². The molecule has 8 heteroatoms. The van der Waals surface area contributed by atoms with Gasteiger partial charge in [0.15, 0.2) is 0 Å². The van der Waals surface area contributed by atoms with Crippen molar-refractivity contribution in [3.8, 4) is 0 Å². The maximum absolute atomic E-state index is 11.6. The molecule has 4 N–H and O–H groups in total. The van der Waals surface area contributed by atoms with Crippen molar-refractivity contribution < 1.29 is 14.7 Å². The Kier molecular flexibility index (Phi) is 6.92. The van der Waals surface area contributed by atoms with E-state index >= 15 is 0 Å². The van der Waals surface area contributed by atoms with Gasteiger partial charge in [0.05, 0.1) is 6.33 Å². The predicted molar refractivity (Wildman–Crippen MR) is 77.8 cm³/mol. The third kappa shape index (κ3) is 5.96. The van der Waals surface area contributed by atoms with Gasteiger partial charge in [-0.2, -0.15) is 11.8 Å². The predicted octanol–water partition coefficient (Wildman–Crippen LogP) is 0.846. The molecule has 7 nitrogen and oxygen atoms in total. The van der Waals surface area contributed by atoms with Gasteiger partial charge in [0.25, 0.3) is 0 Å². The normalized spacial score (nSPS) is 13.5. The Bertz CT molecular complexity index is 424. The number of hydrogen-bond donors (Lipinski definition) is 4. The molecule has 2 atom stereocenters. The fourth-order valence-corrected chi connectivity index (χ4v) is 1.89. The van der Waals surface area contributed by atoms with Crippen molar-refractivity contribution in [2.45, 2.75) is 31.1 Å². The summed E-state index contributed by atoms with van der Waals surface area (Å²) < 4.78 is 0. The van der Waals surface area contributed by atoms with Crippen LogP contribution in [0, 0.1) is 0 Å². The molecule has 0 aliphatic heterocycles. The molecule has 1 aromatic heterocycles. The van der Waals surface area contributed by atoms with Crippen LogP contribution in [0.3, 0.4) is 0 Å². The first kappa shape index (κ1) is 16.4. The number of carboxylic acid groups (broad SMARTS) is 1. The fraction of sp³-hybridized carbons (Fsp3) is 0.583. The lowest BCUT2D eigenvalue weighted by Crippen LogP contribution is -2.47. The number of nitrogens with zero attached hydrogens (tertiary/aromatic N) is 1. The average Bonchev–Trinajstić information content (AvgIpc) is 2.90. The maximum Gasteiger partial charge on any atom is 0.326 e. The van der Waals surface area contributed by atoms with Crippen LogP contribution >= 0.6 is 11.8 Å². The minimum atomic E-state index is -1.08. The number of thioether (sulfide) groups is 1. The van der Waals surface area contributed by atoms with Crippen LogP contribution in [0.15, 0.2) is 12.5 Å². The average molecular weight is 300 g/mol. The van der Waals surface area contributed by atoms with E-state index in [9.17, 15) is 9.59 Å². The molecule has 112 valence electrons. The monoisotopic (exact) mass is 300 g/mol. The van der Waals surface area contributed by atoms with Gasteiger partial charge in [0.2, 0.25) is 0 Å². The summed E-state index contributed by atoms with van der Waals surface area (Å²) in [5, 5.41) is 14.6. The van der Waals surface area contributed by atoms with E-state index in [4.69, 9.17) is 5.11 Å². The summed E-state index contributed by atoms with van der Waals surface area (Å²) in [4.78, 5) is 29.4. The van der Waals surface area contributed by atoms with Crippen molar-refractivity contribution in [1.29, 1.82) is 0 Å². The highest BCUT2D eigenvalue weighted by Gasteiger charge is 2.20. The van der Waals surface area contributed by atoms with Crippen molar-refractivity contribution in [3.63, 3.8) is 0 Å². The lowest BCUT2D eigenvalue weighted by Gasteiger charge is -2.15. The molecular formula is C12H20N4O3S. The second-order valence-electron chi connectivity index (χ2n) is 4.41. The van der Waals surface area contributed by atoms with E-state index in [1.807, 2.05) is 6.26 Å². The minimum Gasteiger partial charge on any atom is -0.480 e. The van der Waals surface area contributed by atoms with Crippen molar-refractivity contribution in [1.82, 2.24) is 20.6 Å². The van der Waals surface area contributed by atoms with Crippen molar-refractivity contribution in [3.05, 3.63) is 18.2 Å². The van der Waals surface area contributed by atoms with E-state index in [0.29, 0.717) is 17.5 Å². The molecule has 0 fully saturated rings. The highest BCUT2D eigenvalue weighted by molar-refractivity contribution is 7.99. The molecule has 0 spiro atoms. The number of aromatic nitrogens is 2. The molecule has 0 aromatic carbocycles. The topological polar surface area (TPSA) is 107 Å². The number of carbonyl (C=O) groups is 2. The smallest absolute Gasteiger partial charge is 0.326 e. The summed E-state index contributed by atoms with van der Waals surface area (Å²) in [6, 6.07) is -1.45. The number of rotatable bonds is 8. The van der Waals surface area contributed by atoms with Gasteiger partial charge in [-0.3, -0.25) is 0 Å². The Balaban J connectivity index is 2.37. The molecule has 0 saturated carbocycles. The molecule has 20 heavy (non-hydrogen) atoms. The second kappa shape index (κ2) is 8.47. The van der Waals surface area contributed by atoms with Crippen LogP contribution in [0.1, 0.15) is 19.0 Å². The van der Waals surface area contributed by atoms with Crippen molar-refractivity contribution in [2.75, 3.05) is 12.8 Å². The number of aromatic amines is 1. The lowest BCUT2D eigenvalue weighted by molar-refractivity contribution is -0.139. The van der Waals surface area contributed by atoms with Gasteiger partial charge < -0.3 is 20.7 Å². The van der Waals surface area contributed by atoms with Gasteiger partial charge in [-0.1, -0.05) is 6.92 Å². The SMILES string of the molecule is CSC(C)CCNC(=O)N[C@@H](Cc1cnc[nH]1)C(=O)O. The maximum atomic E-state index is 11.6.